The van der Waals surface area contributed by atoms with Crippen molar-refractivity contribution in [3.63, 3.8) is 0 Å². The van der Waals surface area contributed by atoms with Crippen molar-refractivity contribution in [1.29, 1.82) is 0 Å². The van der Waals surface area contributed by atoms with Crippen molar-refractivity contribution >= 4 is 5.97 Å². The summed E-state index contributed by atoms with van der Waals surface area (Å²) in [6.07, 6.45) is 2.44. The summed E-state index contributed by atoms with van der Waals surface area (Å²) in [6, 6.07) is 0.174. The molecule has 2 atom stereocenters. The first-order valence-electron chi connectivity index (χ1n) is 7.23. The van der Waals surface area contributed by atoms with Gasteiger partial charge in [-0.05, 0) is 59.2 Å². The Balaban J connectivity index is 2.32. The van der Waals surface area contributed by atoms with Crippen LogP contribution in [0, 0.1) is 5.92 Å². The van der Waals surface area contributed by atoms with Crippen LogP contribution in [-0.4, -0.2) is 49.2 Å². The van der Waals surface area contributed by atoms with Gasteiger partial charge in [0.05, 0.1) is 6.61 Å². The van der Waals surface area contributed by atoms with Crippen LogP contribution in [0.4, 0.5) is 0 Å². The molecule has 0 aliphatic carbocycles. The molecule has 106 valence electrons. The van der Waals surface area contributed by atoms with E-state index in [0.29, 0.717) is 18.6 Å². The molecule has 0 radical (unpaired) electrons. The molecule has 4 heteroatoms. The zero-order valence-electron chi connectivity index (χ0n) is 12.2. The second kappa shape index (κ2) is 7.74. The van der Waals surface area contributed by atoms with E-state index in [0.717, 1.165) is 6.54 Å². The highest BCUT2D eigenvalue weighted by molar-refractivity contribution is 5.75. The third-order valence-electron chi connectivity index (χ3n) is 3.94. The van der Waals surface area contributed by atoms with Crippen molar-refractivity contribution in [2.24, 2.45) is 5.92 Å². The van der Waals surface area contributed by atoms with E-state index in [4.69, 9.17) is 4.74 Å². The molecule has 0 spiro atoms. The summed E-state index contributed by atoms with van der Waals surface area (Å²) in [6.45, 7) is 12.1. The molecule has 1 aliphatic rings. The lowest BCUT2D eigenvalue weighted by Crippen LogP contribution is -2.47. The Kier molecular flexibility index (Phi) is 6.65. The van der Waals surface area contributed by atoms with Gasteiger partial charge < -0.3 is 15.0 Å². The standard InChI is InChI=1S/C14H28N2O2/c1-5-16-9-7-13(8-10-16)11(3)15-12(4)14(17)18-6-2/h11-13,15H,5-10H2,1-4H3. The molecular formula is C14H28N2O2. The molecule has 0 bridgehead atoms. The van der Waals surface area contributed by atoms with Gasteiger partial charge in [0, 0.05) is 6.04 Å². The molecule has 0 aromatic carbocycles. The van der Waals surface area contributed by atoms with Gasteiger partial charge in [-0.3, -0.25) is 4.79 Å². The molecule has 1 rings (SSSR count). The fourth-order valence-electron chi connectivity index (χ4n) is 2.63. The molecule has 2 unspecified atom stereocenters. The van der Waals surface area contributed by atoms with E-state index in [2.05, 4.69) is 24.1 Å². The number of piperidine rings is 1. The van der Waals surface area contributed by atoms with E-state index in [1.807, 2.05) is 13.8 Å². The predicted molar refractivity (Wildman–Crippen MR) is 73.5 cm³/mol. The fraction of sp³-hybridized carbons (Fsp3) is 0.929. The van der Waals surface area contributed by atoms with Crippen LogP contribution in [-0.2, 0) is 9.53 Å². The average molecular weight is 256 g/mol. The smallest absolute Gasteiger partial charge is 0.322 e. The summed E-state index contributed by atoms with van der Waals surface area (Å²) in [5.74, 6) is 0.528. The van der Waals surface area contributed by atoms with Crippen LogP contribution in [0.3, 0.4) is 0 Å². The molecule has 0 aromatic rings. The van der Waals surface area contributed by atoms with Gasteiger partial charge in [-0.15, -0.1) is 0 Å². The predicted octanol–water partition coefficient (Wildman–Crippen LogP) is 1.65. The van der Waals surface area contributed by atoms with Gasteiger partial charge in [0.25, 0.3) is 0 Å². The first-order valence-corrected chi connectivity index (χ1v) is 7.23. The minimum atomic E-state index is -0.204. The lowest BCUT2D eigenvalue weighted by atomic mass is 9.90. The highest BCUT2D eigenvalue weighted by Gasteiger charge is 2.25. The first-order chi connectivity index (χ1) is 8.58. The van der Waals surface area contributed by atoms with Gasteiger partial charge >= 0.3 is 5.97 Å². The number of likely N-dealkylation sites (tertiary alicyclic amines) is 1. The maximum absolute atomic E-state index is 11.6. The third kappa shape index (κ3) is 4.58. The summed E-state index contributed by atoms with van der Waals surface area (Å²) in [5.41, 5.74) is 0. The Morgan fingerprint density at radius 2 is 1.94 bits per heavy atom. The number of rotatable bonds is 6. The van der Waals surface area contributed by atoms with Crippen molar-refractivity contribution in [1.82, 2.24) is 10.2 Å². The van der Waals surface area contributed by atoms with Crippen molar-refractivity contribution in [3.8, 4) is 0 Å². The Labute approximate surface area is 111 Å². The molecule has 1 saturated heterocycles. The Bertz CT molecular complexity index is 250. The number of nitrogens with zero attached hydrogens (tertiary/aromatic N) is 1. The number of nitrogens with one attached hydrogen (secondary N) is 1. The molecule has 0 aromatic heterocycles. The molecule has 4 nitrogen and oxygen atoms in total. The van der Waals surface area contributed by atoms with Crippen LogP contribution in [0.1, 0.15) is 40.5 Å². The summed E-state index contributed by atoms with van der Waals surface area (Å²) in [4.78, 5) is 14.1. The van der Waals surface area contributed by atoms with Crippen LogP contribution in [0.15, 0.2) is 0 Å². The Morgan fingerprint density at radius 3 is 2.44 bits per heavy atom. The maximum atomic E-state index is 11.6. The van der Waals surface area contributed by atoms with Gasteiger partial charge in [-0.2, -0.15) is 0 Å². The molecule has 1 aliphatic heterocycles. The van der Waals surface area contributed by atoms with Crippen LogP contribution in [0.5, 0.6) is 0 Å². The zero-order chi connectivity index (χ0) is 13.5. The Hall–Kier alpha value is -0.610. The third-order valence-corrected chi connectivity index (χ3v) is 3.94. The normalized spacial score (nSPS) is 21.6. The highest BCUT2D eigenvalue weighted by atomic mass is 16.5. The maximum Gasteiger partial charge on any atom is 0.322 e. The van der Waals surface area contributed by atoms with Crippen molar-refractivity contribution in [3.05, 3.63) is 0 Å². The number of carbonyl (C=O) groups excluding carboxylic acids is 1. The first kappa shape index (κ1) is 15.4. The molecular weight excluding hydrogens is 228 g/mol. The van der Waals surface area contributed by atoms with E-state index >= 15 is 0 Å². The number of carbonyl (C=O) groups is 1. The van der Waals surface area contributed by atoms with Gasteiger partial charge in [0.1, 0.15) is 6.04 Å². The molecule has 1 N–H and O–H groups in total. The molecule has 1 heterocycles. The van der Waals surface area contributed by atoms with Gasteiger partial charge in [-0.25, -0.2) is 0 Å². The average Bonchev–Trinajstić information content (AvgIpc) is 2.39. The van der Waals surface area contributed by atoms with E-state index < -0.39 is 0 Å². The van der Waals surface area contributed by atoms with Gasteiger partial charge in [0.2, 0.25) is 0 Å². The van der Waals surface area contributed by atoms with E-state index in [1.165, 1.54) is 25.9 Å². The van der Waals surface area contributed by atoms with Crippen molar-refractivity contribution < 1.29 is 9.53 Å². The monoisotopic (exact) mass is 256 g/mol. The van der Waals surface area contributed by atoms with Gasteiger partial charge in [-0.1, -0.05) is 6.92 Å². The van der Waals surface area contributed by atoms with E-state index in [9.17, 15) is 4.79 Å². The lowest BCUT2D eigenvalue weighted by molar-refractivity contribution is -0.145. The molecule has 18 heavy (non-hydrogen) atoms. The SMILES string of the molecule is CCOC(=O)C(C)NC(C)C1CCN(CC)CC1. The minimum Gasteiger partial charge on any atom is -0.465 e. The summed E-state index contributed by atoms with van der Waals surface area (Å²) in [5, 5.41) is 3.37. The van der Waals surface area contributed by atoms with Crippen molar-refractivity contribution in [2.45, 2.75) is 52.6 Å². The summed E-state index contributed by atoms with van der Waals surface area (Å²) < 4.78 is 5.02. The molecule has 1 fully saturated rings. The highest BCUT2D eigenvalue weighted by Crippen LogP contribution is 2.20. The second-order valence-corrected chi connectivity index (χ2v) is 5.20. The number of esters is 1. The molecule has 0 amide bonds. The van der Waals surface area contributed by atoms with Crippen LogP contribution in [0.2, 0.25) is 0 Å². The van der Waals surface area contributed by atoms with Crippen LogP contribution in [0.25, 0.3) is 0 Å². The van der Waals surface area contributed by atoms with E-state index in [1.54, 1.807) is 0 Å². The minimum absolute atomic E-state index is 0.143. The summed E-state index contributed by atoms with van der Waals surface area (Å²) >= 11 is 0. The number of hydrogen-bond acceptors (Lipinski definition) is 4. The fourth-order valence-corrected chi connectivity index (χ4v) is 2.63. The second-order valence-electron chi connectivity index (χ2n) is 5.20. The van der Waals surface area contributed by atoms with Gasteiger partial charge in [0.15, 0.2) is 0 Å². The van der Waals surface area contributed by atoms with Crippen LogP contribution >= 0.6 is 0 Å². The number of ether oxygens (including phenoxy) is 1. The largest absolute Gasteiger partial charge is 0.465 e. The Morgan fingerprint density at radius 1 is 1.33 bits per heavy atom. The quantitative estimate of drug-likeness (QED) is 0.734. The number of hydrogen-bond donors (Lipinski definition) is 1. The summed E-state index contributed by atoms with van der Waals surface area (Å²) in [7, 11) is 0. The molecule has 0 saturated carbocycles. The van der Waals surface area contributed by atoms with Crippen LogP contribution < -0.4 is 5.32 Å². The lowest BCUT2D eigenvalue weighted by Gasteiger charge is -2.35. The zero-order valence-corrected chi connectivity index (χ0v) is 12.2. The van der Waals surface area contributed by atoms with E-state index in [-0.39, 0.29) is 12.0 Å². The van der Waals surface area contributed by atoms with Crippen molar-refractivity contribution in [2.75, 3.05) is 26.2 Å². The topological polar surface area (TPSA) is 41.6 Å².